The summed E-state index contributed by atoms with van der Waals surface area (Å²) in [4.78, 5) is 34.2. The number of carbonyl (C=O) groups is 3. The topological polar surface area (TPSA) is 93.7 Å². The average molecular weight is 316 g/mol. The van der Waals surface area contributed by atoms with Crippen LogP contribution in [0.15, 0.2) is 0 Å². The molecule has 0 radical (unpaired) electrons. The van der Waals surface area contributed by atoms with Gasteiger partial charge in [0, 0.05) is 26.5 Å². The van der Waals surface area contributed by atoms with Gasteiger partial charge in [-0.2, -0.15) is 0 Å². The summed E-state index contributed by atoms with van der Waals surface area (Å²) in [6.07, 6.45) is 1.24. The van der Waals surface area contributed by atoms with Crippen LogP contribution >= 0.6 is 0 Å². The summed E-state index contributed by atoms with van der Waals surface area (Å²) in [5.41, 5.74) is 0. The number of hydrogen-bond donors (Lipinski definition) is 2. The van der Waals surface area contributed by atoms with Crippen molar-refractivity contribution in [3.63, 3.8) is 0 Å². The quantitative estimate of drug-likeness (QED) is 0.545. The molecule has 7 nitrogen and oxygen atoms in total. The van der Waals surface area contributed by atoms with E-state index in [9.17, 15) is 14.4 Å². The number of ether oxygens (including phenoxy) is 2. The molecule has 2 amide bonds. The summed E-state index contributed by atoms with van der Waals surface area (Å²) in [7, 11) is 2.88. The second kappa shape index (κ2) is 12.0. The molecule has 2 unspecified atom stereocenters. The first-order valence-corrected chi connectivity index (χ1v) is 7.56. The van der Waals surface area contributed by atoms with E-state index in [1.807, 2.05) is 0 Å². The van der Waals surface area contributed by atoms with Crippen LogP contribution in [0.1, 0.15) is 39.5 Å². The lowest BCUT2D eigenvalue weighted by molar-refractivity contribution is -0.142. The maximum absolute atomic E-state index is 11.9. The maximum atomic E-state index is 11.9. The second-order valence-corrected chi connectivity index (χ2v) is 5.19. The molecule has 2 N–H and O–H groups in total. The molecule has 7 heteroatoms. The fourth-order valence-electron chi connectivity index (χ4n) is 1.81. The number of carbonyl (C=O) groups excluding carboxylic acids is 3. The van der Waals surface area contributed by atoms with E-state index >= 15 is 0 Å². The van der Waals surface area contributed by atoms with Crippen molar-refractivity contribution in [2.75, 3.05) is 27.4 Å². The third kappa shape index (κ3) is 9.33. The lowest BCUT2D eigenvalue weighted by Crippen LogP contribution is -2.43. The van der Waals surface area contributed by atoms with Gasteiger partial charge < -0.3 is 20.1 Å². The number of nitrogens with one attached hydrogen (secondary N) is 2. The van der Waals surface area contributed by atoms with Crippen molar-refractivity contribution in [1.29, 1.82) is 0 Å². The predicted molar refractivity (Wildman–Crippen MR) is 82.1 cm³/mol. The van der Waals surface area contributed by atoms with Gasteiger partial charge in [0.15, 0.2) is 0 Å². The monoisotopic (exact) mass is 316 g/mol. The third-order valence-corrected chi connectivity index (χ3v) is 3.48. The van der Waals surface area contributed by atoms with Gasteiger partial charge in [0.25, 0.3) is 0 Å². The molecule has 0 saturated heterocycles. The van der Waals surface area contributed by atoms with Gasteiger partial charge in [0.05, 0.1) is 26.2 Å². The van der Waals surface area contributed by atoms with E-state index in [0.29, 0.717) is 12.5 Å². The highest BCUT2D eigenvalue weighted by Gasteiger charge is 2.18. The Labute approximate surface area is 132 Å². The first-order valence-electron chi connectivity index (χ1n) is 7.56. The standard InChI is InChI=1S/C15H28N2O5/c1-5-11(2)12(10-21-3)17-14(19)8-9-16-13(18)6-7-15(20)22-4/h11-12H,5-10H2,1-4H3,(H,16,18)(H,17,19). The summed E-state index contributed by atoms with van der Waals surface area (Å²) in [5.74, 6) is -0.508. The van der Waals surface area contributed by atoms with Crippen molar-refractivity contribution in [3.8, 4) is 0 Å². The Morgan fingerprint density at radius 3 is 2.27 bits per heavy atom. The highest BCUT2D eigenvalue weighted by Crippen LogP contribution is 2.08. The van der Waals surface area contributed by atoms with Crippen molar-refractivity contribution < 1.29 is 23.9 Å². The van der Waals surface area contributed by atoms with Gasteiger partial charge in [-0.3, -0.25) is 14.4 Å². The number of methoxy groups -OCH3 is 2. The van der Waals surface area contributed by atoms with Crippen LogP contribution in [-0.2, 0) is 23.9 Å². The van der Waals surface area contributed by atoms with Crippen LogP contribution < -0.4 is 10.6 Å². The van der Waals surface area contributed by atoms with E-state index in [4.69, 9.17) is 4.74 Å². The molecule has 0 aliphatic rings. The van der Waals surface area contributed by atoms with Crippen LogP contribution in [0.3, 0.4) is 0 Å². The minimum absolute atomic E-state index is 0.0301. The van der Waals surface area contributed by atoms with Crippen LogP contribution in [0.4, 0.5) is 0 Å². The van der Waals surface area contributed by atoms with Crippen molar-refractivity contribution in [3.05, 3.63) is 0 Å². The molecule has 0 aromatic rings. The molecular weight excluding hydrogens is 288 g/mol. The Kier molecular flexibility index (Phi) is 11.1. The Balaban J connectivity index is 3.96. The van der Waals surface area contributed by atoms with Crippen LogP contribution in [0, 0.1) is 5.92 Å². The zero-order valence-corrected chi connectivity index (χ0v) is 13.9. The third-order valence-electron chi connectivity index (χ3n) is 3.48. The lowest BCUT2D eigenvalue weighted by Gasteiger charge is -2.23. The summed E-state index contributed by atoms with van der Waals surface area (Å²) in [6, 6.07) is -0.0301. The molecule has 0 heterocycles. The van der Waals surface area contributed by atoms with Gasteiger partial charge in [-0.15, -0.1) is 0 Å². The summed E-state index contributed by atoms with van der Waals surface area (Å²) >= 11 is 0. The minimum atomic E-state index is -0.427. The molecule has 128 valence electrons. The molecule has 0 rings (SSSR count). The largest absolute Gasteiger partial charge is 0.469 e. The van der Waals surface area contributed by atoms with Crippen LogP contribution in [-0.4, -0.2) is 51.2 Å². The normalized spacial score (nSPS) is 13.1. The molecule has 2 atom stereocenters. The highest BCUT2D eigenvalue weighted by molar-refractivity contribution is 5.82. The van der Waals surface area contributed by atoms with E-state index in [0.717, 1.165) is 6.42 Å². The minimum Gasteiger partial charge on any atom is -0.469 e. The summed E-state index contributed by atoms with van der Waals surface area (Å²) in [5, 5.41) is 5.52. The molecular formula is C15H28N2O5. The number of rotatable bonds is 11. The summed E-state index contributed by atoms with van der Waals surface area (Å²) < 4.78 is 9.56. The van der Waals surface area contributed by atoms with Gasteiger partial charge >= 0.3 is 5.97 Å². The fraction of sp³-hybridized carbons (Fsp3) is 0.800. The molecule has 0 aromatic carbocycles. The van der Waals surface area contributed by atoms with Gasteiger partial charge in [-0.05, 0) is 5.92 Å². The van der Waals surface area contributed by atoms with Gasteiger partial charge in [0.2, 0.25) is 11.8 Å². The average Bonchev–Trinajstić information content (AvgIpc) is 2.51. The van der Waals surface area contributed by atoms with Gasteiger partial charge in [0.1, 0.15) is 0 Å². The Hall–Kier alpha value is -1.63. The van der Waals surface area contributed by atoms with Gasteiger partial charge in [-0.1, -0.05) is 20.3 Å². The fourth-order valence-corrected chi connectivity index (χ4v) is 1.81. The van der Waals surface area contributed by atoms with E-state index in [2.05, 4.69) is 29.2 Å². The Bertz CT molecular complexity index is 360. The Morgan fingerprint density at radius 2 is 1.73 bits per heavy atom. The molecule has 22 heavy (non-hydrogen) atoms. The first-order chi connectivity index (χ1) is 10.4. The van der Waals surface area contributed by atoms with E-state index in [1.54, 1.807) is 7.11 Å². The predicted octanol–water partition coefficient (Wildman–Crippen LogP) is 0.623. The molecule has 0 bridgehead atoms. The lowest BCUT2D eigenvalue weighted by atomic mass is 10.00. The van der Waals surface area contributed by atoms with Gasteiger partial charge in [-0.25, -0.2) is 0 Å². The van der Waals surface area contributed by atoms with E-state index in [1.165, 1.54) is 7.11 Å². The van der Waals surface area contributed by atoms with Crippen molar-refractivity contribution >= 4 is 17.8 Å². The molecule has 0 aliphatic heterocycles. The number of esters is 1. The molecule has 0 aliphatic carbocycles. The first kappa shape index (κ1) is 20.4. The zero-order chi connectivity index (χ0) is 17.0. The second-order valence-electron chi connectivity index (χ2n) is 5.19. The van der Waals surface area contributed by atoms with E-state index in [-0.39, 0.29) is 43.7 Å². The van der Waals surface area contributed by atoms with E-state index < -0.39 is 5.97 Å². The van der Waals surface area contributed by atoms with Crippen molar-refractivity contribution in [2.45, 2.75) is 45.6 Å². The molecule has 0 saturated carbocycles. The Morgan fingerprint density at radius 1 is 1.05 bits per heavy atom. The molecule has 0 aromatic heterocycles. The molecule has 0 spiro atoms. The number of hydrogen-bond acceptors (Lipinski definition) is 5. The van der Waals surface area contributed by atoms with Crippen LogP contribution in [0.25, 0.3) is 0 Å². The smallest absolute Gasteiger partial charge is 0.306 e. The maximum Gasteiger partial charge on any atom is 0.306 e. The van der Waals surface area contributed by atoms with Crippen LogP contribution in [0.5, 0.6) is 0 Å². The zero-order valence-electron chi connectivity index (χ0n) is 13.9. The highest BCUT2D eigenvalue weighted by atomic mass is 16.5. The van der Waals surface area contributed by atoms with Crippen molar-refractivity contribution in [1.82, 2.24) is 10.6 Å². The van der Waals surface area contributed by atoms with Crippen molar-refractivity contribution in [2.24, 2.45) is 5.92 Å². The molecule has 0 fully saturated rings. The SMILES string of the molecule is CCC(C)C(COC)NC(=O)CCNC(=O)CCC(=O)OC. The van der Waals surface area contributed by atoms with Crippen LogP contribution in [0.2, 0.25) is 0 Å². The summed E-state index contributed by atoms with van der Waals surface area (Å²) in [6.45, 7) is 4.82. The number of amides is 2.